The Kier molecular flexibility index (Phi) is 5.29. The SMILES string of the molecule is CSc1nnc(S[C@@H](C)C(=O)NCc2ccc3c(c2)OCO3)s1. The lowest BCUT2D eigenvalue weighted by Crippen LogP contribution is -2.30. The number of hydrogen-bond donors (Lipinski definition) is 1. The first-order valence-corrected chi connectivity index (χ1v) is 9.78. The van der Waals surface area contributed by atoms with E-state index in [9.17, 15) is 4.79 Å². The molecule has 0 bridgehead atoms. The molecule has 6 nitrogen and oxygen atoms in total. The summed E-state index contributed by atoms with van der Waals surface area (Å²) in [4.78, 5) is 12.2. The van der Waals surface area contributed by atoms with Gasteiger partial charge in [-0.05, 0) is 30.9 Å². The number of ether oxygens (including phenoxy) is 2. The molecule has 122 valence electrons. The van der Waals surface area contributed by atoms with Gasteiger partial charge < -0.3 is 14.8 Å². The highest BCUT2D eigenvalue weighted by atomic mass is 32.2. The molecule has 1 aromatic carbocycles. The van der Waals surface area contributed by atoms with Crippen molar-refractivity contribution in [2.24, 2.45) is 0 Å². The van der Waals surface area contributed by atoms with E-state index in [4.69, 9.17) is 9.47 Å². The third kappa shape index (κ3) is 4.10. The van der Waals surface area contributed by atoms with Gasteiger partial charge >= 0.3 is 0 Å². The number of amides is 1. The largest absolute Gasteiger partial charge is 0.454 e. The highest BCUT2D eigenvalue weighted by Crippen LogP contribution is 2.33. The second-order valence-electron chi connectivity index (χ2n) is 4.70. The van der Waals surface area contributed by atoms with E-state index in [2.05, 4.69) is 15.5 Å². The van der Waals surface area contributed by atoms with Crippen molar-refractivity contribution < 1.29 is 14.3 Å². The minimum atomic E-state index is -0.230. The predicted octanol–water partition coefficient (Wildman–Crippen LogP) is 2.79. The molecule has 0 fully saturated rings. The van der Waals surface area contributed by atoms with Crippen molar-refractivity contribution in [3.8, 4) is 11.5 Å². The van der Waals surface area contributed by atoms with Gasteiger partial charge in [0.25, 0.3) is 0 Å². The van der Waals surface area contributed by atoms with Gasteiger partial charge in [0.05, 0.1) is 5.25 Å². The first kappa shape index (κ1) is 16.4. The van der Waals surface area contributed by atoms with Crippen LogP contribution in [0.15, 0.2) is 26.9 Å². The average Bonchev–Trinajstić information content (AvgIpc) is 3.20. The maximum Gasteiger partial charge on any atom is 0.233 e. The number of thioether (sulfide) groups is 2. The van der Waals surface area contributed by atoms with E-state index in [0.29, 0.717) is 6.54 Å². The van der Waals surface area contributed by atoms with Crippen molar-refractivity contribution in [1.82, 2.24) is 15.5 Å². The lowest BCUT2D eigenvalue weighted by molar-refractivity contribution is -0.120. The molecule has 1 aliphatic heterocycles. The van der Waals surface area contributed by atoms with Crippen LogP contribution in [-0.4, -0.2) is 34.4 Å². The molecular weight excluding hydrogens is 354 g/mol. The van der Waals surface area contributed by atoms with Gasteiger partial charge in [-0.25, -0.2) is 0 Å². The van der Waals surface area contributed by atoms with Crippen molar-refractivity contribution in [3.05, 3.63) is 23.8 Å². The summed E-state index contributed by atoms with van der Waals surface area (Å²) in [7, 11) is 0. The van der Waals surface area contributed by atoms with E-state index in [1.807, 2.05) is 31.4 Å². The van der Waals surface area contributed by atoms with Gasteiger partial charge in [-0.15, -0.1) is 10.2 Å². The van der Waals surface area contributed by atoms with Crippen LogP contribution >= 0.6 is 34.9 Å². The predicted molar refractivity (Wildman–Crippen MR) is 91.4 cm³/mol. The Bertz CT molecular complexity index is 708. The van der Waals surface area contributed by atoms with Crippen LogP contribution in [0.4, 0.5) is 0 Å². The van der Waals surface area contributed by atoms with Crippen molar-refractivity contribution in [2.75, 3.05) is 13.0 Å². The lowest BCUT2D eigenvalue weighted by Gasteiger charge is -2.10. The molecule has 1 N–H and O–H groups in total. The molecular formula is C14H15N3O3S3. The monoisotopic (exact) mass is 369 g/mol. The van der Waals surface area contributed by atoms with E-state index >= 15 is 0 Å². The molecule has 2 aromatic rings. The fourth-order valence-electron chi connectivity index (χ4n) is 1.92. The van der Waals surface area contributed by atoms with Crippen LogP contribution in [0.2, 0.25) is 0 Å². The first-order chi connectivity index (χ1) is 11.2. The first-order valence-electron chi connectivity index (χ1n) is 6.86. The van der Waals surface area contributed by atoms with Crippen LogP contribution in [0.3, 0.4) is 0 Å². The highest BCUT2D eigenvalue weighted by Gasteiger charge is 2.18. The molecule has 0 aliphatic carbocycles. The molecule has 1 atom stereocenters. The molecule has 0 saturated carbocycles. The van der Waals surface area contributed by atoms with Crippen LogP contribution in [0.5, 0.6) is 11.5 Å². The Labute approximate surface area is 146 Å². The number of carbonyl (C=O) groups is 1. The summed E-state index contributed by atoms with van der Waals surface area (Å²) in [5, 5.41) is 10.8. The maximum absolute atomic E-state index is 12.2. The van der Waals surface area contributed by atoms with Gasteiger partial charge in [-0.1, -0.05) is 40.9 Å². The van der Waals surface area contributed by atoms with Crippen LogP contribution in [0, 0.1) is 0 Å². The Morgan fingerprint density at radius 3 is 2.91 bits per heavy atom. The summed E-state index contributed by atoms with van der Waals surface area (Å²) in [6.45, 7) is 2.56. The van der Waals surface area contributed by atoms with E-state index in [1.54, 1.807) is 11.8 Å². The molecule has 0 saturated heterocycles. The number of nitrogens with zero attached hydrogens (tertiary/aromatic N) is 2. The smallest absolute Gasteiger partial charge is 0.233 e. The zero-order valence-electron chi connectivity index (χ0n) is 12.6. The van der Waals surface area contributed by atoms with Gasteiger partial charge in [0.15, 0.2) is 20.2 Å². The summed E-state index contributed by atoms with van der Waals surface area (Å²) in [5.74, 6) is 1.43. The fourth-order valence-corrected chi connectivity index (χ4v) is 4.52. The minimum absolute atomic E-state index is 0.0337. The molecule has 0 spiro atoms. The van der Waals surface area contributed by atoms with Crippen molar-refractivity contribution >= 4 is 40.8 Å². The van der Waals surface area contributed by atoms with E-state index in [1.165, 1.54) is 23.1 Å². The third-order valence-corrected chi connectivity index (χ3v) is 6.20. The Hall–Kier alpha value is -1.45. The van der Waals surface area contributed by atoms with Gasteiger partial charge in [0.1, 0.15) is 0 Å². The summed E-state index contributed by atoms with van der Waals surface area (Å²) in [5.41, 5.74) is 0.973. The van der Waals surface area contributed by atoms with Crippen molar-refractivity contribution in [2.45, 2.75) is 27.4 Å². The number of carbonyl (C=O) groups excluding carboxylic acids is 1. The Morgan fingerprint density at radius 1 is 1.35 bits per heavy atom. The Morgan fingerprint density at radius 2 is 2.13 bits per heavy atom. The van der Waals surface area contributed by atoms with Gasteiger partial charge in [0.2, 0.25) is 12.7 Å². The molecule has 3 rings (SSSR count). The maximum atomic E-state index is 12.2. The second kappa shape index (κ2) is 7.41. The lowest BCUT2D eigenvalue weighted by atomic mass is 10.2. The molecule has 0 radical (unpaired) electrons. The van der Waals surface area contributed by atoms with E-state index in [-0.39, 0.29) is 18.0 Å². The van der Waals surface area contributed by atoms with Gasteiger partial charge in [-0.3, -0.25) is 4.79 Å². The summed E-state index contributed by atoms with van der Waals surface area (Å²) in [6.07, 6.45) is 1.95. The number of rotatable bonds is 6. The average molecular weight is 369 g/mol. The summed E-state index contributed by atoms with van der Waals surface area (Å²) >= 11 is 4.47. The zero-order valence-corrected chi connectivity index (χ0v) is 15.0. The molecule has 1 aromatic heterocycles. The molecule has 1 amide bonds. The zero-order chi connectivity index (χ0) is 16.2. The highest BCUT2D eigenvalue weighted by molar-refractivity contribution is 8.03. The van der Waals surface area contributed by atoms with E-state index in [0.717, 1.165) is 25.7 Å². The molecule has 23 heavy (non-hydrogen) atoms. The quantitative estimate of drug-likeness (QED) is 0.785. The molecule has 2 heterocycles. The van der Waals surface area contributed by atoms with Crippen LogP contribution < -0.4 is 14.8 Å². The Balaban J connectivity index is 1.52. The number of nitrogens with one attached hydrogen (secondary N) is 1. The summed E-state index contributed by atoms with van der Waals surface area (Å²) < 4.78 is 12.3. The second-order valence-corrected chi connectivity index (χ2v) is 8.32. The van der Waals surface area contributed by atoms with E-state index < -0.39 is 0 Å². The number of fused-ring (bicyclic) bond motifs is 1. The van der Waals surface area contributed by atoms with Crippen LogP contribution in [-0.2, 0) is 11.3 Å². The topological polar surface area (TPSA) is 73.3 Å². The number of benzene rings is 1. The minimum Gasteiger partial charge on any atom is -0.454 e. The fraction of sp³-hybridized carbons (Fsp3) is 0.357. The van der Waals surface area contributed by atoms with Crippen molar-refractivity contribution in [1.29, 1.82) is 0 Å². The standard InChI is InChI=1S/C14H15N3O3S3/c1-8(22-14-17-16-13(21-2)23-14)12(18)15-6-9-3-4-10-11(5-9)20-7-19-10/h3-5,8H,6-7H2,1-2H3,(H,15,18)/t8-/m0/s1. The molecule has 0 unspecified atom stereocenters. The summed E-state index contributed by atoms with van der Waals surface area (Å²) in [6, 6.07) is 5.66. The van der Waals surface area contributed by atoms with Crippen LogP contribution in [0.1, 0.15) is 12.5 Å². The van der Waals surface area contributed by atoms with Crippen molar-refractivity contribution in [3.63, 3.8) is 0 Å². The van der Waals surface area contributed by atoms with Gasteiger partial charge in [-0.2, -0.15) is 0 Å². The number of aromatic nitrogens is 2. The normalized spacial score (nSPS) is 13.8. The third-order valence-electron chi connectivity index (χ3n) is 3.11. The van der Waals surface area contributed by atoms with Crippen LogP contribution in [0.25, 0.3) is 0 Å². The molecule has 1 aliphatic rings. The molecule has 9 heteroatoms. The van der Waals surface area contributed by atoms with Gasteiger partial charge in [0, 0.05) is 6.54 Å². The number of hydrogen-bond acceptors (Lipinski definition) is 8.